The predicted octanol–water partition coefficient (Wildman–Crippen LogP) is 7.66. The van der Waals surface area contributed by atoms with Crippen LogP contribution in [-0.4, -0.2) is 15.7 Å². The third-order valence-corrected chi connectivity index (χ3v) is 6.62. The normalized spacial score (nSPS) is 12.6. The van der Waals surface area contributed by atoms with Gasteiger partial charge in [0.2, 0.25) is 0 Å². The quantitative estimate of drug-likeness (QED) is 0.180. The van der Waals surface area contributed by atoms with Crippen LogP contribution in [0, 0.1) is 0 Å². The number of nitrogens with zero attached hydrogens (tertiary/aromatic N) is 2. The van der Waals surface area contributed by atoms with Gasteiger partial charge in [-0.25, -0.2) is 9.97 Å². The van der Waals surface area contributed by atoms with Crippen molar-refractivity contribution < 1.29 is 17.9 Å². The Kier molecular flexibility index (Phi) is 7.80. The molecule has 0 fully saturated rings. The average molecular weight is 487 g/mol. The number of ether oxygens (including phenoxy) is 1. The average Bonchev–Trinajstić information content (AvgIpc) is 3.37. The lowest BCUT2D eigenvalue weighted by molar-refractivity contribution is -0.141. The molecule has 1 unspecified atom stereocenters. The summed E-state index contributed by atoms with van der Waals surface area (Å²) in [4.78, 5) is 8.82. The van der Waals surface area contributed by atoms with E-state index in [-0.39, 0.29) is 17.0 Å². The van der Waals surface area contributed by atoms with Gasteiger partial charge in [-0.2, -0.15) is 13.2 Å². The molecule has 4 aromatic rings. The van der Waals surface area contributed by atoms with E-state index < -0.39 is 11.9 Å². The molecule has 4 rings (SSSR count). The number of thiophene rings is 1. The first-order valence-electron chi connectivity index (χ1n) is 10.3. The second kappa shape index (κ2) is 11.0. The number of thioether (sulfide) groups is 1. The number of hydrogen-bond donors (Lipinski definition) is 0. The van der Waals surface area contributed by atoms with E-state index in [0.29, 0.717) is 23.7 Å². The number of rotatable bonds is 9. The van der Waals surface area contributed by atoms with Crippen LogP contribution in [0.2, 0.25) is 0 Å². The second-order valence-corrected chi connectivity index (χ2v) is 9.24. The van der Waals surface area contributed by atoms with E-state index >= 15 is 0 Å². The second-order valence-electron chi connectivity index (χ2n) is 7.23. The molecule has 0 aliphatic rings. The summed E-state index contributed by atoms with van der Waals surface area (Å²) in [5.74, 6) is 0.513. The van der Waals surface area contributed by atoms with Gasteiger partial charge in [-0.15, -0.1) is 11.3 Å². The van der Waals surface area contributed by atoms with Crippen molar-refractivity contribution in [1.29, 1.82) is 0 Å². The van der Waals surface area contributed by atoms with Crippen LogP contribution in [0.3, 0.4) is 0 Å². The van der Waals surface area contributed by atoms with Crippen LogP contribution in [0.5, 0.6) is 0 Å². The van der Waals surface area contributed by atoms with Crippen LogP contribution in [0.15, 0.2) is 89.4 Å². The van der Waals surface area contributed by atoms with Crippen molar-refractivity contribution in [3.8, 4) is 10.6 Å². The van der Waals surface area contributed by atoms with E-state index in [9.17, 15) is 13.2 Å². The molecule has 33 heavy (non-hydrogen) atoms. The summed E-state index contributed by atoms with van der Waals surface area (Å²) in [5, 5.41) is 1.93. The molecule has 0 spiro atoms. The summed E-state index contributed by atoms with van der Waals surface area (Å²) in [5.41, 5.74) is 1.45. The summed E-state index contributed by atoms with van der Waals surface area (Å²) in [6, 6.07) is 24.3. The van der Waals surface area contributed by atoms with Crippen molar-refractivity contribution in [2.45, 2.75) is 30.5 Å². The van der Waals surface area contributed by atoms with Gasteiger partial charge in [0.15, 0.2) is 5.16 Å². The van der Waals surface area contributed by atoms with Crippen LogP contribution < -0.4 is 0 Å². The van der Waals surface area contributed by atoms with Gasteiger partial charge in [-0.05, 0) is 35.1 Å². The standard InChI is InChI=1S/C25H21F3N2OS2/c26-25(27,28)23-16-20(22-12-7-14-32-22)29-24(30-23)33-15-13-21(19-10-5-2-6-11-19)31-17-18-8-3-1-4-9-18/h1-12,14,16,21H,13,15,17H2. The zero-order valence-electron chi connectivity index (χ0n) is 17.5. The zero-order valence-corrected chi connectivity index (χ0v) is 19.2. The Balaban J connectivity index is 1.47. The molecule has 0 aliphatic heterocycles. The van der Waals surface area contributed by atoms with Gasteiger partial charge in [0.25, 0.3) is 0 Å². The molecule has 0 aliphatic carbocycles. The molecule has 2 aromatic carbocycles. The van der Waals surface area contributed by atoms with E-state index in [2.05, 4.69) is 9.97 Å². The molecule has 1 atom stereocenters. The first-order chi connectivity index (χ1) is 16.0. The van der Waals surface area contributed by atoms with E-state index in [1.54, 1.807) is 12.1 Å². The summed E-state index contributed by atoms with van der Waals surface area (Å²) >= 11 is 2.56. The van der Waals surface area contributed by atoms with E-state index in [1.165, 1.54) is 23.1 Å². The maximum absolute atomic E-state index is 13.4. The third-order valence-electron chi connectivity index (χ3n) is 4.85. The van der Waals surface area contributed by atoms with Crippen LogP contribution in [0.1, 0.15) is 29.3 Å². The summed E-state index contributed by atoms with van der Waals surface area (Å²) < 4.78 is 46.4. The minimum Gasteiger partial charge on any atom is -0.369 e. The maximum Gasteiger partial charge on any atom is 0.433 e. The van der Waals surface area contributed by atoms with E-state index in [1.807, 2.05) is 66.0 Å². The highest BCUT2D eigenvalue weighted by molar-refractivity contribution is 7.99. The van der Waals surface area contributed by atoms with E-state index in [0.717, 1.165) is 17.2 Å². The molecule has 2 heterocycles. The first kappa shape index (κ1) is 23.5. The lowest BCUT2D eigenvalue weighted by atomic mass is 10.1. The molecule has 0 radical (unpaired) electrons. The molecule has 2 aromatic heterocycles. The molecular weight excluding hydrogens is 465 g/mol. The highest BCUT2D eigenvalue weighted by Gasteiger charge is 2.34. The monoisotopic (exact) mass is 486 g/mol. The fraction of sp³-hybridized carbons (Fsp3) is 0.200. The largest absolute Gasteiger partial charge is 0.433 e. The number of hydrogen-bond acceptors (Lipinski definition) is 5. The SMILES string of the molecule is FC(F)(F)c1cc(-c2cccs2)nc(SCCC(OCc2ccccc2)c2ccccc2)n1. The Hall–Kier alpha value is -2.68. The van der Waals surface area contributed by atoms with E-state index in [4.69, 9.17) is 4.74 Å². The highest BCUT2D eigenvalue weighted by atomic mass is 32.2. The van der Waals surface area contributed by atoms with Crippen LogP contribution in [-0.2, 0) is 17.5 Å². The van der Waals surface area contributed by atoms with Crippen molar-refractivity contribution in [3.63, 3.8) is 0 Å². The van der Waals surface area contributed by atoms with Gasteiger partial charge in [0.1, 0.15) is 5.69 Å². The van der Waals surface area contributed by atoms with Crippen molar-refractivity contribution in [3.05, 3.63) is 101 Å². The van der Waals surface area contributed by atoms with Crippen molar-refractivity contribution in [1.82, 2.24) is 9.97 Å². The minimum atomic E-state index is -4.53. The van der Waals surface area contributed by atoms with Gasteiger partial charge in [-0.3, -0.25) is 0 Å². The fourth-order valence-corrected chi connectivity index (χ4v) is 4.75. The van der Waals surface area contributed by atoms with Crippen LogP contribution >= 0.6 is 23.1 Å². The zero-order chi connectivity index (χ0) is 23.1. The number of benzene rings is 2. The van der Waals surface area contributed by atoms with Gasteiger partial charge in [0.05, 0.1) is 23.3 Å². The smallest absolute Gasteiger partial charge is 0.369 e. The summed E-state index contributed by atoms with van der Waals surface area (Å²) in [7, 11) is 0. The molecule has 0 saturated carbocycles. The van der Waals surface area contributed by atoms with Gasteiger partial charge < -0.3 is 4.74 Å². The molecule has 0 saturated heterocycles. The van der Waals surface area contributed by atoms with Crippen molar-refractivity contribution in [2.75, 3.05) is 5.75 Å². The van der Waals surface area contributed by atoms with Crippen molar-refractivity contribution >= 4 is 23.1 Å². The summed E-state index contributed by atoms with van der Waals surface area (Å²) in [6.45, 7) is 0.452. The fourth-order valence-electron chi connectivity index (χ4n) is 3.23. The lowest BCUT2D eigenvalue weighted by Gasteiger charge is -2.18. The van der Waals surface area contributed by atoms with Gasteiger partial charge in [0, 0.05) is 5.75 Å². The van der Waals surface area contributed by atoms with Crippen LogP contribution in [0.4, 0.5) is 13.2 Å². The Morgan fingerprint density at radius 1 is 0.909 bits per heavy atom. The molecule has 8 heteroatoms. The van der Waals surface area contributed by atoms with Gasteiger partial charge >= 0.3 is 6.18 Å². The molecule has 170 valence electrons. The number of aromatic nitrogens is 2. The molecule has 0 bridgehead atoms. The topological polar surface area (TPSA) is 35.0 Å². The maximum atomic E-state index is 13.4. The molecule has 0 amide bonds. The Morgan fingerprint density at radius 2 is 1.64 bits per heavy atom. The van der Waals surface area contributed by atoms with Gasteiger partial charge in [-0.1, -0.05) is 78.5 Å². The molecule has 0 N–H and O–H groups in total. The molecular formula is C25H21F3N2OS2. The van der Waals surface area contributed by atoms with Crippen LogP contribution in [0.25, 0.3) is 10.6 Å². The minimum absolute atomic E-state index is 0.114. The number of alkyl halides is 3. The number of halogens is 3. The summed E-state index contributed by atoms with van der Waals surface area (Å²) in [6.07, 6.45) is -4.12. The van der Waals surface area contributed by atoms with Crippen molar-refractivity contribution in [2.24, 2.45) is 0 Å². The third kappa shape index (κ3) is 6.66. The highest BCUT2D eigenvalue weighted by Crippen LogP contribution is 2.34. The Morgan fingerprint density at radius 3 is 2.30 bits per heavy atom. The molecule has 3 nitrogen and oxygen atoms in total. The lowest BCUT2D eigenvalue weighted by Crippen LogP contribution is -2.10. The predicted molar refractivity (Wildman–Crippen MR) is 126 cm³/mol. The Labute approximate surface area is 198 Å². The Bertz CT molecular complexity index is 1140. The first-order valence-corrected chi connectivity index (χ1v) is 12.2.